The molecule has 0 aliphatic carbocycles. The quantitative estimate of drug-likeness (QED) is 0.597. The molecular weight excluding hydrogens is 293 g/mol. The molecule has 3 aromatic rings. The van der Waals surface area contributed by atoms with Crippen LogP contribution in [0, 0.1) is 5.82 Å². The predicted octanol–water partition coefficient (Wildman–Crippen LogP) is 2.48. The molecule has 0 aliphatic heterocycles. The molecule has 2 aromatic heterocycles. The van der Waals surface area contributed by atoms with Gasteiger partial charge in [-0.2, -0.15) is 9.61 Å². The van der Waals surface area contributed by atoms with E-state index in [1.165, 1.54) is 6.07 Å². The highest BCUT2D eigenvalue weighted by Crippen LogP contribution is 2.18. The Bertz CT molecular complexity index is 827. The van der Waals surface area contributed by atoms with Gasteiger partial charge in [-0.3, -0.25) is 0 Å². The smallest absolute Gasteiger partial charge is 0.166 e. The lowest BCUT2D eigenvalue weighted by Crippen LogP contribution is -2.14. The van der Waals surface area contributed by atoms with Crippen molar-refractivity contribution in [2.75, 3.05) is 0 Å². The van der Waals surface area contributed by atoms with E-state index < -0.39 is 0 Å². The summed E-state index contributed by atoms with van der Waals surface area (Å²) in [4.78, 5) is 4.27. The second kappa shape index (κ2) is 5.49. The van der Waals surface area contributed by atoms with Gasteiger partial charge in [-0.25, -0.2) is 14.1 Å². The molecule has 0 radical (unpaired) electrons. The average Bonchev–Trinajstić information content (AvgIpc) is 2.88. The molecule has 21 heavy (non-hydrogen) atoms. The van der Waals surface area contributed by atoms with Crippen LogP contribution in [0.3, 0.4) is 0 Å². The summed E-state index contributed by atoms with van der Waals surface area (Å²) in [5.41, 5.74) is 7.28. The van der Waals surface area contributed by atoms with E-state index in [1.807, 2.05) is 6.07 Å². The minimum absolute atomic E-state index is 0.0990. The third-order valence-electron chi connectivity index (χ3n) is 3.12. The van der Waals surface area contributed by atoms with Gasteiger partial charge in [-0.05, 0) is 18.2 Å². The van der Waals surface area contributed by atoms with Crippen LogP contribution in [0.15, 0.2) is 47.1 Å². The van der Waals surface area contributed by atoms with Crippen molar-refractivity contribution in [3.05, 3.63) is 59.7 Å². The Hall–Kier alpha value is -2.47. The fourth-order valence-electron chi connectivity index (χ4n) is 2.14. The van der Waals surface area contributed by atoms with Gasteiger partial charge in [0.05, 0.1) is 11.9 Å². The van der Waals surface area contributed by atoms with Crippen molar-refractivity contribution >= 4 is 28.6 Å². The summed E-state index contributed by atoms with van der Waals surface area (Å²) in [5.74, 6) is -0.195. The molecule has 2 heterocycles. The second-order valence-electron chi connectivity index (χ2n) is 4.44. The zero-order chi connectivity index (χ0) is 14.8. The molecule has 3 rings (SSSR count). The number of hydrogen-bond acceptors (Lipinski definition) is 3. The number of amidine groups is 1. The number of pyridine rings is 1. The van der Waals surface area contributed by atoms with E-state index in [2.05, 4.69) is 14.6 Å². The zero-order valence-corrected chi connectivity index (χ0v) is 11.6. The Labute approximate surface area is 125 Å². The van der Waals surface area contributed by atoms with Crippen LogP contribution in [0.2, 0.25) is 0 Å². The first-order valence-electron chi connectivity index (χ1n) is 6.20. The Morgan fingerprint density at radius 2 is 2.10 bits per heavy atom. The molecule has 2 N–H and O–H groups in total. The Balaban J connectivity index is 2.13. The third kappa shape index (κ3) is 2.45. The molecule has 0 aliphatic rings. The highest BCUT2D eigenvalue weighted by molar-refractivity contribution is 6.23. The van der Waals surface area contributed by atoms with Crippen molar-refractivity contribution in [1.29, 1.82) is 0 Å². The molecule has 0 amide bonds. The number of hydrogen-bond donors (Lipinski definition) is 1. The van der Waals surface area contributed by atoms with E-state index in [0.717, 1.165) is 5.39 Å². The lowest BCUT2D eigenvalue weighted by Gasteiger charge is -2.04. The normalized spacial score (nSPS) is 12.0. The summed E-state index contributed by atoms with van der Waals surface area (Å²) >= 11 is 5.41. The van der Waals surface area contributed by atoms with Gasteiger partial charge >= 0.3 is 0 Å². The van der Waals surface area contributed by atoms with Gasteiger partial charge in [0.15, 0.2) is 11.5 Å². The van der Waals surface area contributed by atoms with Crippen molar-refractivity contribution < 1.29 is 4.39 Å². The van der Waals surface area contributed by atoms with Crippen molar-refractivity contribution in [3.63, 3.8) is 0 Å². The lowest BCUT2D eigenvalue weighted by molar-refractivity contribution is 0.589. The number of rotatable bonds is 3. The third-order valence-corrected chi connectivity index (χ3v) is 3.30. The molecule has 0 saturated heterocycles. The summed E-state index contributed by atoms with van der Waals surface area (Å²) in [7, 11) is 0. The molecule has 0 spiro atoms. The van der Waals surface area contributed by atoms with Crippen LogP contribution in [-0.2, 0) is 6.54 Å². The number of benzene rings is 1. The van der Waals surface area contributed by atoms with Crippen LogP contribution in [0.25, 0.3) is 11.0 Å². The van der Waals surface area contributed by atoms with Gasteiger partial charge in [0, 0.05) is 23.5 Å². The summed E-state index contributed by atoms with van der Waals surface area (Å²) < 4.78 is 18.8. The molecule has 0 unspecified atom stereocenters. The van der Waals surface area contributed by atoms with E-state index in [9.17, 15) is 4.39 Å². The van der Waals surface area contributed by atoms with Crippen molar-refractivity contribution in [1.82, 2.24) is 14.8 Å². The van der Waals surface area contributed by atoms with Crippen LogP contribution in [0.1, 0.15) is 11.3 Å². The highest BCUT2D eigenvalue weighted by atomic mass is 35.5. The molecule has 7 heteroatoms. The van der Waals surface area contributed by atoms with Gasteiger partial charge in [0.2, 0.25) is 0 Å². The molecule has 5 nitrogen and oxygen atoms in total. The van der Waals surface area contributed by atoms with Crippen molar-refractivity contribution in [3.8, 4) is 0 Å². The van der Waals surface area contributed by atoms with E-state index in [4.69, 9.17) is 17.5 Å². The minimum atomic E-state index is -0.294. The topological polar surface area (TPSA) is 69.1 Å². The van der Waals surface area contributed by atoms with Crippen LogP contribution in [-0.4, -0.2) is 20.6 Å². The maximum atomic E-state index is 13.8. The maximum absolute atomic E-state index is 13.8. The average molecular weight is 304 g/mol. The number of nitrogens with zero attached hydrogens (tertiary/aromatic N) is 4. The van der Waals surface area contributed by atoms with E-state index in [1.54, 1.807) is 35.1 Å². The molecule has 1 aromatic carbocycles. The largest absolute Gasteiger partial charge is 0.381 e. The highest BCUT2D eigenvalue weighted by Gasteiger charge is 2.15. The van der Waals surface area contributed by atoms with Gasteiger partial charge in [0.25, 0.3) is 0 Å². The molecule has 0 fully saturated rings. The maximum Gasteiger partial charge on any atom is 0.166 e. The molecule has 0 saturated carbocycles. The monoisotopic (exact) mass is 303 g/mol. The molecule has 0 atom stereocenters. The standard InChI is InChI=1S/C14H11ClFN5/c15-19-13(17)12-10-5-3-7-18-14(10)21(20-12)8-9-4-1-2-6-11(9)16/h1-7H,8H2,(H2,17,19). The minimum Gasteiger partial charge on any atom is -0.381 e. The molecule has 106 valence electrons. The number of fused-ring (bicyclic) bond motifs is 1. The van der Waals surface area contributed by atoms with Gasteiger partial charge < -0.3 is 5.73 Å². The predicted molar refractivity (Wildman–Crippen MR) is 79.6 cm³/mol. The van der Waals surface area contributed by atoms with Gasteiger partial charge in [0.1, 0.15) is 11.5 Å². The molecular formula is C14H11ClFN5. The van der Waals surface area contributed by atoms with E-state index in [-0.39, 0.29) is 18.2 Å². The first-order valence-corrected chi connectivity index (χ1v) is 6.54. The Morgan fingerprint density at radius 3 is 2.86 bits per heavy atom. The molecule has 0 bridgehead atoms. The fourth-order valence-corrected chi connectivity index (χ4v) is 2.22. The SMILES string of the molecule is N/C(=N\Cl)c1nn(Cc2ccccc2F)c2ncccc12. The van der Waals surface area contributed by atoms with Crippen LogP contribution in [0.5, 0.6) is 0 Å². The zero-order valence-electron chi connectivity index (χ0n) is 10.9. The Morgan fingerprint density at radius 1 is 1.29 bits per heavy atom. The summed E-state index contributed by atoms with van der Waals surface area (Å²) in [6.45, 7) is 0.246. The fraction of sp³-hybridized carbons (Fsp3) is 0.0714. The number of aromatic nitrogens is 3. The van der Waals surface area contributed by atoms with E-state index >= 15 is 0 Å². The summed E-state index contributed by atoms with van der Waals surface area (Å²) in [5, 5.41) is 5.06. The summed E-state index contributed by atoms with van der Waals surface area (Å²) in [6.07, 6.45) is 1.64. The van der Waals surface area contributed by atoms with E-state index in [0.29, 0.717) is 16.9 Å². The van der Waals surface area contributed by atoms with Crippen molar-refractivity contribution in [2.24, 2.45) is 10.2 Å². The van der Waals surface area contributed by atoms with Crippen LogP contribution >= 0.6 is 11.8 Å². The van der Waals surface area contributed by atoms with Gasteiger partial charge in [-0.1, -0.05) is 18.2 Å². The number of halogens is 2. The van der Waals surface area contributed by atoms with Crippen LogP contribution < -0.4 is 5.73 Å². The van der Waals surface area contributed by atoms with Crippen molar-refractivity contribution in [2.45, 2.75) is 6.54 Å². The first kappa shape index (κ1) is 13.5. The Kier molecular flexibility index (Phi) is 3.53. The van der Waals surface area contributed by atoms with Crippen LogP contribution in [0.4, 0.5) is 4.39 Å². The summed E-state index contributed by atoms with van der Waals surface area (Å²) in [6, 6.07) is 10.1. The second-order valence-corrected chi connectivity index (χ2v) is 4.61. The van der Waals surface area contributed by atoms with Gasteiger partial charge in [-0.15, -0.1) is 0 Å². The first-order chi connectivity index (χ1) is 10.2. The number of nitrogens with two attached hydrogens (primary N) is 1. The lowest BCUT2D eigenvalue weighted by atomic mass is 10.2.